The maximum Gasteiger partial charge on any atom is 0.325 e. The van der Waals surface area contributed by atoms with Crippen LogP contribution >= 0.6 is 0 Å². The smallest absolute Gasteiger partial charge is 0.325 e. The molecule has 0 aliphatic carbocycles. The lowest BCUT2D eigenvalue weighted by molar-refractivity contribution is -0.143. The Kier molecular flexibility index (Phi) is 39.1. The van der Waals surface area contributed by atoms with Gasteiger partial charge in [0.15, 0.2) is 0 Å². The standard InChI is InChI=1S/C56H90N14O27/c1-9-24(5)43(69-54(94)44(25(6)10-2)68-48(88)30(13-16-39(80)81)64-52(92)42(23(3)4)67-55(95)45(27(8)72)70-46(86)28(57)11-14-37(76)77)53(93)65-32(18-41(84)85)50(90)66-33(22-71)51(91)63-29(12-15-38(78)79)47(87)60-20-35(74)58-19-34(73)59-21-36(75)62-31(17-40(82)83)49(89)61-26(7)56(96)97/h23-33,42-45,71-72H,9-22,57H2,1-8H3,(H,58,74)(H,59,73)(H,60,87)(H,61,89)(H,62,75)(H,63,91)(H,64,92)(H,65,93)(H,66,90)(H,67,95)(H,68,88)(H,69,94)(H,70,86)(H,76,77)(H,78,79)(H,80,81)(H,82,83)(H,84,85)(H,96,97)/t24?,25?,26-,27?,28-,29-,30-,31-,32-,33-,42-,43-,44-,45-/m0/s1. The summed E-state index contributed by atoms with van der Waals surface area (Å²) in [5.74, 6) is -26.6. The molecular weight excluding hydrogens is 1300 g/mol. The maximum absolute atomic E-state index is 14.3. The second-order valence-corrected chi connectivity index (χ2v) is 22.7. The van der Waals surface area contributed by atoms with Crippen molar-refractivity contribution in [3.63, 3.8) is 0 Å². The van der Waals surface area contributed by atoms with Gasteiger partial charge in [0.05, 0.1) is 51.2 Å². The van der Waals surface area contributed by atoms with Gasteiger partial charge in [-0.3, -0.25) is 91.1 Å². The first-order chi connectivity index (χ1) is 45.1. The average Bonchev–Trinajstić information content (AvgIpc) is 0.909. The third-order valence-electron chi connectivity index (χ3n) is 14.4. The summed E-state index contributed by atoms with van der Waals surface area (Å²) >= 11 is 0. The van der Waals surface area contributed by atoms with E-state index in [4.69, 9.17) is 21.1 Å². The van der Waals surface area contributed by atoms with E-state index in [9.17, 15) is 117 Å². The van der Waals surface area contributed by atoms with Crippen molar-refractivity contribution in [1.29, 1.82) is 0 Å². The van der Waals surface area contributed by atoms with E-state index in [1.807, 2.05) is 21.3 Å². The summed E-state index contributed by atoms with van der Waals surface area (Å²) < 4.78 is 0. The molecule has 0 radical (unpaired) electrons. The molecular formula is C56H90N14O27. The molecule has 3 unspecified atom stereocenters. The van der Waals surface area contributed by atoms with Gasteiger partial charge in [-0.2, -0.15) is 0 Å². The van der Waals surface area contributed by atoms with Crippen LogP contribution in [0.5, 0.6) is 0 Å². The largest absolute Gasteiger partial charge is 0.481 e. The topological polar surface area (TPSA) is 669 Å². The summed E-state index contributed by atoms with van der Waals surface area (Å²) in [5.41, 5.74) is 5.75. The van der Waals surface area contributed by atoms with Crippen molar-refractivity contribution in [2.75, 3.05) is 26.2 Å². The summed E-state index contributed by atoms with van der Waals surface area (Å²) in [6.45, 7) is 7.22. The van der Waals surface area contributed by atoms with Crippen molar-refractivity contribution in [3.8, 4) is 0 Å². The van der Waals surface area contributed by atoms with Gasteiger partial charge < -0.3 is 116 Å². The van der Waals surface area contributed by atoms with E-state index in [2.05, 4.69) is 47.9 Å². The highest BCUT2D eigenvalue weighted by atomic mass is 16.4. The molecule has 0 heterocycles. The molecule has 14 atom stereocenters. The highest BCUT2D eigenvalue weighted by Crippen LogP contribution is 2.15. The van der Waals surface area contributed by atoms with Crippen molar-refractivity contribution in [3.05, 3.63) is 0 Å². The van der Waals surface area contributed by atoms with Crippen LogP contribution in [0.4, 0.5) is 0 Å². The molecule has 0 fully saturated rings. The maximum atomic E-state index is 14.3. The van der Waals surface area contributed by atoms with Gasteiger partial charge in [-0.15, -0.1) is 0 Å². The number of aliphatic carboxylic acids is 6. The van der Waals surface area contributed by atoms with E-state index in [-0.39, 0.29) is 19.3 Å². The van der Waals surface area contributed by atoms with Crippen LogP contribution in [-0.2, 0) is 91.1 Å². The van der Waals surface area contributed by atoms with E-state index in [0.717, 1.165) is 13.8 Å². The monoisotopic (exact) mass is 1390 g/mol. The van der Waals surface area contributed by atoms with Gasteiger partial charge in [0.25, 0.3) is 0 Å². The minimum Gasteiger partial charge on any atom is -0.481 e. The molecule has 0 aliphatic heterocycles. The van der Waals surface area contributed by atoms with E-state index in [1.165, 1.54) is 27.7 Å². The Balaban J connectivity index is 6.43. The molecule has 0 rings (SSSR count). The van der Waals surface area contributed by atoms with Crippen LogP contribution in [0.1, 0.15) is 120 Å². The van der Waals surface area contributed by atoms with Gasteiger partial charge in [0, 0.05) is 19.3 Å². The number of carbonyl (C=O) groups excluding carboxylic acids is 13. The van der Waals surface area contributed by atoms with Crippen LogP contribution in [0.15, 0.2) is 0 Å². The summed E-state index contributed by atoms with van der Waals surface area (Å²) in [4.78, 5) is 241. The predicted octanol–water partition coefficient (Wildman–Crippen LogP) is -8.72. The first-order valence-corrected chi connectivity index (χ1v) is 30.3. The molecule has 0 aromatic rings. The summed E-state index contributed by atoms with van der Waals surface area (Å²) in [6.07, 6.45) is -7.27. The minimum atomic E-state index is -2.11. The first kappa shape index (κ1) is 86.8. The minimum absolute atomic E-state index is 0.105. The number of hydrogen-bond donors (Lipinski definition) is 22. The number of carboxylic acids is 6. The molecule has 41 heteroatoms. The number of amides is 13. The van der Waals surface area contributed by atoms with E-state index < -0.39 is 274 Å². The van der Waals surface area contributed by atoms with Crippen LogP contribution in [-0.4, -0.2) is 252 Å². The third kappa shape index (κ3) is 33.7. The number of nitrogens with one attached hydrogen (secondary N) is 13. The number of aliphatic hydroxyl groups is 2. The highest BCUT2D eigenvalue weighted by Gasteiger charge is 2.39. The molecule has 0 saturated heterocycles. The number of nitrogens with two attached hydrogens (primary N) is 1. The molecule has 41 nitrogen and oxygen atoms in total. The molecule has 0 bridgehead atoms. The Labute approximate surface area is 554 Å². The quantitative estimate of drug-likeness (QED) is 0.0269. The summed E-state index contributed by atoms with van der Waals surface area (Å²) in [7, 11) is 0. The summed E-state index contributed by atoms with van der Waals surface area (Å²) in [6, 6.07) is -19.0. The van der Waals surface area contributed by atoms with Crippen LogP contribution < -0.4 is 74.9 Å². The van der Waals surface area contributed by atoms with E-state index in [0.29, 0.717) is 0 Å². The molecule has 0 aliphatic rings. The third-order valence-corrected chi connectivity index (χ3v) is 14.4. The molecule has 0 spiro atoms. The Hall–Kier alpha value is -10.2. The van der Waals surface area contributed by atoms with Gasteiger partial charge >= 0.3 is 35.8 Å². The first-order valence-electron chi connectivity index (χ1n) is 30.3. The molecule has 0 saturated carbocycles. The fourth-order valence-corrected chi connectivity index (χ4v) is 8.25. The zero-order valence-corrected chi connectivity index (χ0v) is 54.5. The van der Waals surface area contributed by atoms with Gasteiger partial charge in [-0.1, -0.05) is 54.4 Å². The molecule has 546 valence electrons. The Bertz CT molecular complexity index is 2860. The Morgan fingerprint density at radius 3 is 1.13 bits per heavy atom. The normalized spacial score (nSPS) is 15.3. The van der Waals surface area contributed by atoms with Gasteiger partial charge in [-0.05, 0) is 50.9 Å². The lowest BCUT2D eigenvalue weighted by Crippen LogP contribution is -2.63. The SMILES string of the molecule is CCC(C)[C@H](NC(=O)[C@H](CCC(=O)O)NC(=O)[C@@H](NC(=O)[C@@H](NC(=O)[C@@H](N)CCC(=O)O)C(C)O)C(C)C)C(=O)N[C@H](C(=O)N[C@@H](CC(=O)O)C(=O)N[C@@H](CO)C(=O)N[C@@H](CCC(=O)O)C(=O)NCC(=O)NCC(=O)NCC(=O)N[C@@H](CC(=O)O)C(=O)N[C@@H](C)C(=O)O)C(C)CC. The number of aliphatic hydroxyl groups excluding tert-OH is 2. The van der Waals surface area contributed by atoms with Crippen LogP contribution in [0.25, 0.3) is 0 Å². The number of hydrogen-bond acceptors (Lipinski definition) is 22. The van der Waals surface area contributed by atoms with Gasteiger partial charge in [0.1, 0.15) is 60.4 Å². The second kappa shape index (κ2) is 43.7. The van der Waals surface area contributed by atoms with Crippen LogP contribution in [0.2, 0.25) is 0 Å². The lowest BCUT2D eigenvalue weighted by Gasteiger charge is -2.31. The zero-order valence-electron chi connectivity index (χ0n) is 54.5. The fourth-order valence-electron chi connectivity index (χ4n) is 8.25. The fraction of sp³-hybridized carbons (Fsp3) is 0.661. The molecule has 13 amide bonds. The van der Waals surface area contributed by atoms with Crippen molar-refractivity contribution in [1.82, 2.24) is 69.1 Å². The predicted molar refractivity (Wildman–Crippen MR) is 327 cm³/mol. The van der Waals surface area contributed by atoms with Crippen molar-refractivity contribution in [2.24, 2.45) is 23.5 Å². The molecule has 0 aromatic heterocycles. The summed E-state index contributed by atoms with van der Waals surface area (Å²) in [5, 5.41) is 105. The van der Waals surface area contributed by atoms with Crippen LogP contribution in [0.3, 0.4) is 0 Å². The van der Waals surface area contributed by atoms with Crippen molar-refractivity contribution in [2.45, 2.75) is 192 Å². The number of carbonyl (C=O) groups is 19. The second-order valence-electron chi connectivity index (χ2n) is 22.7. The highest BCUT2D eigenvalue weighted by molar-refractivity contribution is 6.00. The molecule has 0 aromatic carbocycles. The Morgan fingerprint density at radius 1 is 0.351 bits per heavy atom. The van der Waals surface area contributed by atoms with E-state index >= 15 is 0 Å². The number of carboxylic acid groups (broad SMARTS) is 6. The molecule has 97 heavy (non-hydrogen) atoms. The van der Waals surface area contributed by atoms with Gasteiger partial charge in [-0.25, -0.2) is 0 Å². The average molecular weight is 1390 g/mol. The van der Waals surface area contributed by atoms with Crippen LogP contribution in [0, 0.1) is 17.8 Å². The van der Waals surface area contributed by atoms with Gasteiger partial charge in [0.2, 0.25) is 76.8 Å². The lowest BCUT2D eigenvalue weighted by atomic mass is 9.94. The molecule has 23 N–H and O–H groups in total. The Morgan fingerprint density at radius 2 is 0.691 bits per heavy atom. The van der Waals surface area contributed by atoms with E-state index in [1.54, 1.807) is 13.8 Å². The zero-order chi connectivity index (χ0) is 74.7. The number of rotatable bonds is 47. The van der Waals surface area contributed by atoms with Crippen molar-refractivity contribution < 1.29 is 132 Å². The van der Waals surface area contributed by atoms with Crippen molar-refractivity contribution >= 4 is 113 Å².